The largest absolute Gasteiger partial charge is 0.348 e. The van der Waals surface area contributed by atoms with Crippen LogP contribution in [-0.4, -0.2) is 21.9 Å². The van der Waals surface area contributed by atoms with Crippen LogP contribution in [0, 0.1) is 10.1 Å². The van der Waals surface area contributed by atoms with Crippen LogP contribution in [0.4, 0.5) is 5.69 Å². The highest BCUT2D eigenvalue weighted by molar-refractivity contribution is 5.92. The van der Waals surface area contributed by atoms with Gasteiger partial charge in [0.15, 0.2) is 0 Å². The summed E-state index contributed by atoms with van der Waals surface area (Å²) in [5.74, 6) is -0.271. The van der Waals surface area contributed by atoms with Crippen molar-refractivity contribution >= 4 is 11.6 Å². The van der Waals surface area contributed by atoms with Crippen molar-refractivity contribution in [2.75, 3.05) is 0 Å². The molecule has 0 bridgehead atoms. The van der Waals surface area contributed by atoms with Crippen molar-refractivity contribution < 1.29 is 9.72 Å². The van der Waals surface area contributed by atoms with Crippen molar-refractivity contribution in [3.8, 4) is 0 Å². The molecule has 0 spiro atoms. The Morgan fingerprint density at radius 1 is 1.53 bits per heavy atom. The standard InChI is InChI=1S/C9H9N3O3/c13-9(11-6-1-2-6)8-4-3-7(5-10-8)12(14)15/h3-6H,1-2H2,(H,11,13). The molecule has 1 heterocycles. The van der Waals surface area contributed by atoms with E-state index in [1.54, 1.807) is 0 Å². The number of hydrogen-bond acceptors (Lipinski definition) is 4. The van der Waals surface area contributed by atoms with Gasteiger partial charge in [0.2, 0.25) is 0 Å². The third kappa shape index (κ3) is 2.28. The summed E-state index contributed by atoms with van der Waals surface area (Å²) in [6.45, 7) is 0. The van der Waals surface area contributed by atoms with Crippen molar-refractivity contribution in [3.63, 3.8) is 0 Å². The highest BCUT2D eigenvalue weighted by atomic mass is 16.6. The third-order valence-corrected chi connectivity index (χ3v) is 2.10. The third-order valence-electron chi connectivity index (χ3n) is 2.10. The molecule has 0 unspecified atom stereocenters. The van der Waals surface area contributed by atoms with Crippen molar-refractivity contribution in [2.45, 2.75) is 18.9 Å². The molecule has 1 saturated carbocycles. The normalized spacial score (nSPS) is 14.7. The average Bonchev–Trinajstić information content (AvgIpc) is 3.02. The second-order valence-electron chi connectivity index (χ2n) is 3.41. The second kappa shape index (κ2) is 3.64. The summed E-state index contributed by atoms with van der Waals surface area (Å²) in [4.78, 5) is 24.9. The fourth-order valence-corrected chi connectivity index (χ4v) is 1.12. The molecule has 1 aromatic rings. The first-order valence-corrected chi connectivity index (χ1v) is 4.58. The number of carbonyl (C=O) groups excluding carboxylic acids is 1. The van der Waals surface area contributed by atoms with E-state index in [1.165, 1.54) is 12.1 Å². The molecule has 1 aliphatic rings. The Hall–Kier alpha value is -1.98. The van der Waals surface area contributed by atoms with Gasteiger partial charge in [0, 0.05) is 12.1 Å². The second-order valence-corrected chi connectivity index (χ2v) is 3.41. The van der Waals surface area contributed by atoms with Crippen LogP contribution in [0.1, 0.15) is 23.3 Å². The van der Waals surface area contributed by atoms with E-state index in [0.29, 0.717) is 0 Å². The van der Waals surface area contributed by atoms with Gasteiger partial charge in [-0.1, -0.05) is 0 Å². The van der Waals surface area contributed by atoms with E-state index in [9.17, 15) is 14.9 Å². The molecular formula is C9H9N3O3. The van der Waals surface area contributed by atoms with Gasteiger partial charge in [0.1, 0.15) is 11.9 Å². The number of nitro groups is 1. The van der Waals surface area contributed by atoms with E-state index in [-0.39, 0.29) is 23.3 Å². The molecule has 1 aromatic heterocycles. The molecule has 1 aliphatic carbocycles. The Kier molecular flexibility index (Phi) is 2.32. The lowest BCUT2D eigenvalue weighted by molar-refractivity contribution is -0.385. The minimum Gasteiger partial charge on any atom is -0.348 e. The summed E-state index contributed by atoms with van der Waals surface area (Å²) >= 11 is 0. The van der Waals surface area contributed by atoms with Gasteiger partial charge < -0.3 is 5.32 Å². The Morgan fingerprint density at radius 2 is 2.27 bits per heavy atom. The summed E-state index contributed by atoms with van der Waals surface area (Å²) in [7, 11) is 0. The first-order chi connectivity index (χ1) is 7.16. The topological polar surface area (TPSA) is 85.1 Å². The maximum Gasteiger partial charge on any atom is 0.287 e. The Morgan fingerprint density at radius 3 is 2.73 bits per heavy atom. The van der Waals surface area contributed by atoms with E-state index < -0.39 is 4.92 Å². The molecular weight excluding hydrogens is 198 g/mol. The molecule has 0 aromatic carbocycles. The van der Waals surface area contributed by atoms with E-state index in [2.05, 4.69) is 10.3 Å². The molecule has 0 saturated heterocycles. The quantitative estimate of drug-likeness (QED) is 0.589. The SMILES string of the molecule is O=C(NC1CC1)c1ccc([N+](=O)[O-])cn1. The van der Waals surface area contributed by atoms with Crippen LogP contribution in [-0.2, 0) is 0 Å². The summed E-state index contributed by atoms with van der Waals surface area (Å²) in [6, 6.07) is 2.89. The number of nitrogens with zero attached hydrogens (tertiary/aromatic N) is 2. The van der Waals surface area contributed by atoms with Crippen molar-refractivity contribution in [3.05, 3.63) is 34.1 Å². The predicted octanol–water partition coefficient (Wildman–Crippen LogP) is 0.882. The molecule has 1 N–H and O–H groups in total. The van der Waals surface area contributed by atoms with Crippen LogP contribution < -0.4 is 5.32 Å². The van der Waals surface area contributed by atoms with Crippen molar-refractivity contribution in [2.24, 2.45) is 0 Å². The lowest BCUT2D eigenvalue weighted by Crippen LogP contribution is -2.26. The number of pyridine rings is 1. The van der Waals surface area contributed by atoms with E-state index >= 15 is 0 Å². The van der Waals surface area contributed by atoms with E-state index in [4.69, 9.17) is 0 Å². The van der Waals surface area contributed by atoms with Crippen LogP contribution in [0.2, 0.25) is 0 Å². The molecule has 2 rings (SSSR count). The number of rotatable bonds is 3. The average molecular weight is 207 g/mol. The van der Waals surface area contributed by atoms with Crippen LogP contribution in [0.25, 0.3) is 0 Å². The zero-order valence-corrected chi connectivity index (χ0v) is 7.84. The number of amides is 1. The molecule has 78 valence electrons. The fourth-order valence-electron chi connectivity index (χ4n) is 1.12. The molecule has 0 aliphatic heterocycles. The predicted molar refractivity (Wildman–Crippen MR) is 51.4 cm³/mol. The lowest BCUT2D eigenvalue weighted by Gasteiger charge is -2.01. The summed E-state index contributed by atoms with van der Waals surface area (Å²) < 4.78 is 0. The smallest absolute Gasteiger partial charge is 0.287 e. The Balaban J connectivity index is 2.08. The Bertz CT molecular complexity index is 398. The number of aromatic nitrogens is 1. The zero-order chi connectivity index (χ0) is 10.8. The zero-order valence-electron chi connectivity index (χ0n) is 7.84. The van der Waals surface area contributed by atoms with Gasteiger partial charge >= 0.3 is 0 Å². The molecule has 6 nitrogen and oxygen atoms in total. The molecule has 6 heteroatoms. The van der Waals surface area contributed by atoms with E-state index in [0.717, 1.165) is 19.0 Å². The van der Waals surface area contributed by atoms with Gasteiger partial charge in [0.05, 0.1) is 4.92 Å². The summed E-state index contributed by atoms with van der Waals surface area (Å²) in [5.41, 5.74) is 0.102. The number of nitrogens with one attached hydrogen (secondary N) is 1. The van der Waals surface area contributed by atoms with Gasteiger partial charge in [-0.05, 0) is 18.9 Å². The van der Waals surface area contributed by atoms with Gasteiger partial charge in [-0.25, -0.2) is 4.98 Å². The van der Waals surface area contributed by atoms with Gasteiger partial charge in [-0.3, -0.25) is 14.9 Å². The maximum atomic E-state index is 11.4. The fraction of sp³-hybridized carbons (Fsp3) is 0.333. The van der Waals surface area contributed by atoms with Gasteiger partial charge in [-0.15, -0.1) is 0 Å². The number of hydrogen-bond donors (Lipinski definition) is 1. The van der Waals surface area contributed by atoms with Gasteiger partial charge in [0.25, 0.3) is 11.6 Å². The van der Waals surface area contributed by atoms with E-state index in [1.807, 2.05) is 0 Å². The highest BCUT2D eigenvalue weighted by Gasteiger charge is 2.24. The molecule has 15 heavy (non-hydrogen) atoms. The monoisotopic (exact) mass is 207 g/mol. The number of carbonyl (C=O) groups is 1. The van der Waals surface area contributed by atoms with Crippen molar-refractivity contribution in [1.82, 2.24) is 10.3 Å². The van der Waals surface area contributed by atoms with Crippen LogP contribution in [0.5, 0.6) is 0 Å². The maximum absolute atomic E-state index is 11.4. The summed E-state index contributed by atoms with van der Waals surface area (Å²) in [6.07, 6.45) is 3.08. The van der Waals surface area contributed by atoms with Gasteiger partial charge in [-0.2, -0.15) is 0 Å². The first kappa shape index (κ1) is 9.57. The molecule has 1 fully saturated rings. The first-order valence-electron chi connectivity index (χ1n) is 4.58. The molecule has 1 amide bonds. The minimum atomic E-state index is -0.546. The van der Waals surface area contributed by atoms with Crippen LogP contribution >= 0.6 is 0 Å². The minimum absolute atomic E-state index is 0.113. The summed E-state index contributed by atoms with van der Waals surface area (Å²) in [5, 5.41) is 13.1. The molecule has 0 atom stereocenters. The highest BCUT2D eigenvalue weighted by Crippen LogP contribution is 2.19. The molecule has 0 radical (unpaired) electrons. The van der Waals surface area contributed by atoms with Crippen molar-refractivity contribution in [1.29, 1.82) is 0 Å². The lowest BCUT2D eigenvalue weighted by atomic mass is 10.3. The van der Waals surface area contributed by atoms with Crippen LogP contribution in [0.15, 0.2) is 18.3 Å². The van der Waals surface area contributed by atoms with Crippen LogP contribution in [0.3, 0.4) is 0 Å². The Labute approximate surface area is 85.5 Å².